The van der Waals surface area contributed by atoms with Gasteiger partial charge in [0.25, 0.3) is 0 Å². The van der Waals surface area contributed by atoms with Crippen LogP contribution in [0.3, 0.4) is 0 Å². The molecule has 74 valence electrons. The summed E-state index contributed by atoms with van der Waals surface area (Å²) in [6, 6.07) is 0.184. The molecule has 0 saturated carbocycles. The van der Waals surface area contributed by atoms with Gasteiger partial charge in [0.1, 0.15) is 5.82 Å². The molecule has 1 heterocycles. The number of aliphatic hydroxyl groups is 1. The minimum Gasteiger partial charge on any atom is -0.395 e. The molecule has 1 atom stereocenters. The Bertz CT molecular complexity index is 243. The van der Waals surface area contributed by atoms with Gasteiger partial charge in [-0.3, -0.25) is 0 Å². The van der Waals surface area contributed by atoms with Gasteiger partial charge in [0, 0.05) is 24.5 Å². The first-order valence-electron chi connectivity index (χ1n) is 4.61. The maximum absolute atomic E-state index is 8.92. The van der Waals surface area contributed by atoms with E-state index in [0.29, 0.717) is 0 Å². The highest BCUT2D eigenvalue weighted by molar-refractivity contribution is 4.99. The highest BCUT2D eigenvalue weighted by atomic mass is 16.3. The zero-order chi connectivity index (χ0) is 9.68. The van der Waals surface area contributed by atoms with Gasteiger partial charge in [-0.2, -0.15) is 0 Å². The fraction of sp³-hybridized carbons (Fsp3) is 0.667. The van der Waals surface area contributed by atoms with Crippen molar-refractivity contribution in [3.63, 3.8) is 0 Å². The summed E-state index contributed by atoms with van der Waals surface area (Å²) >= 11 is 0. The van der Waals surface area contributed by atoms with Gasteiger partial charge >= 0.3 is 0 Å². The molecular formula is C9H17N3O. The van der Waals surface area contributed by atoms with Crippen molar-refractivity contribution < 1.29 is 5.11 Å². The fourth-order valence-corrected chi connectivity index (χ4v) is 1.15. The summed E-state index contributed by atoms with van der Waals surface area (Å²) in [6.45, 7) is 4.89. The average molecular weight is 183 g/mol. The van der Waals surface area contributed by atoms with Crippen molar-refractivity contribution in [3.8, 4) is 0 Å². The normalized spacial score (nSPS) is 13.2. The van der Waals surface area contributed by atoms with Crippen LogP contribution in [-0.2, 0) is 6.54 Å². The summed E-state index contributed by atoms with van der Waals surface area (Å²) in [5.41, 5.74) is 1.06. The van der Waals surface area contributed by atoms with Gasteiger partial charge in [0.2, 0.25) is 0 Å². The monoisotopic (exact) mass is 183 g/mol. The molecule has 0 unspecified atom stereocenters. The van der Waals surface area contributed by atoms with E-state index in [1.165, 1.54) is 0 Å². The maximum atomic E-state index is 8.92. The third kappa shape index (κ3) is 3.16. The Morgan fingerprint density at radius 1 is 1.69 bits per heavy atom. The van der Waals surface area contributed by atoms with Crippen LogP contribution in [0.5, 0.6) is 0 Å². The lowest BCUT2D eigenvalue weighted by Gasteiger charge is -2.12. The smallest absolute Gasteiger partial charge is 0.103 e. The van der Waals surface area contributed by atoms with Crippen LogP contribution in [0, 0.1) is 6.92 Å². The zero-order valence-corrected chi connectivity index (χ0v) is 8.17. The van der Waals surface area contributed by atoms with Gasteiger partial charge < -0.3 is 15.4 Å². The van der Waals surface area contributed by atoms with Crippen LogP contribution in [0.25, 0.3) is 0 Å². The van der Waals surface area contributed by atoms with E-state index in [-0.39, 0.29) is 12.6 Å². The summed E-state index contributed by atoms with van der Waals surface area (Å²) in [5, 5.41) is 12.1. The Morgan fingerprint density at radius 3 is 2.92 bits per heavy atom. The lowest BCUT2D eigenvalue weighted by atomic mass is 10.2. The SMILES string of the molecule is CC[C@@H](CO)NCc1cnc(C)[nH]1. The Kier molecular flexibility index (Phi) is 3.92. The van der Waals surface area contributed by atoms with Crippen molar-refractivity contribution in [2.45, 2.75) is 32.9 Å². The second kappa shape index (κ2) is 4.99. The van der Waals surface area contributed by atoms with Crippen LogP contribution < -0.4 is 5.32 Å². The van der Waals surface area contributed by atoms with Crippen LogP contribution >= 0.6 is 0 Å². The molecule has 0 spiro atoms. The van der Waals surface area contributed by atoms with Crippen molar-refractivity contribution >= 4 is 0 Å². The van der Waals surface area contributed by atoms with Crippen LogP contribution in [0.2, 0.25) is 0 Å². The molecule has 1 aromatic rings. The molecule has 0 aliphatic rings. The molecule has 0 saturated heterocycles. The lowest BCUT2D eigenvalue weighted by molar-refractivity contribution is 0.238. The predicted octanol–water partition coefficient (Wildman–Crippen LogP) is 0.579. The van der Waals surface area contributed by atoms with Crippen molar-refractivity contribution in [2.75, 3.05) is 6.61 Å². The number of aliphatic hydroxyl groups excluding tert-OH is 1. The minimum absolute atomic E-state index is 0.184. The van der Waals surface area contributed by atoms with E-state index in [1.807, 2.05) is 20.0 Å². The molecule has 0 aliphatic carbocycles. The van der Waals surface area contributed by atoms with Crippen LogP contribution in [0.15, 0.2) is 6.20 Å². The predicted molar refractivity (Wildman–Crippen MR) is 51.3 cm³/mol. The number of hydrogen-bond acceptors (Lipinski definition) is 3. The lowest BCUT2D eigenvalue weighted by Crippen LogP contribution is -2.31. The second-order valence-corrected chi connectivity index (χ2v) is 3.16. The fourth-order valence-electron chi connectivity index (χ4n) is 1.15. The molecule has 4 nitrogen and oxygen atoms in total. The largest absolute Gasteiger partial charge is 0.395 e. The average Bonchev–Trinajstić information content (AvgIpc) is 2.53. The number of imidazole rings is 1. The van der Waals surface area contributed by atoms with Gasteiger partial charge in [0.15, 0.2) is 0 Å². The van der Waals surface area contributed by atoms with Crippen molar-refractivity contribution in [3.05, 3.63) is 17.7 Å². The first-order valence-corrected chi connectivity index (χ1v) is 4.61. The number of aromatic nitrogens is 2. The Hall–Kier alpha value is -0.870. The Labute approximate surface area is 78.4 Å². The van der Waals surface area contributed by atoms with Gasteiger partial charge in [-0.1, -0.05) is 6.92 Å². The van der Waals surface area contributed by atoms with Gasteiger partial charge in [0.05, 0.1) is 6.61 Å². The third-order valence-corrected chi connectivity index (χ3v) is 2.05. The molecule has 3 N–H and O–H groups in total. The van der Waals surface area contributed by atoms with Gasteiger partial charge in [-0.15, -0.1) is 0 Å². The van der Waals surface area contributed by atoms with E-state index < -0.39 is 0 Å². The molecule has 1 aromatic heterocycles. The Balaban J connectivity index is 2.33. The van der Waals surface area contributed by atoms with E-state index in [1.54, 1.807) is 0 Å². The van der Waals surface area contributed by atoms with Crippen LogP contribution in [0.1, 0.15) is 24.9 Å². The summed E-state index contributed by atoms with van der Waals surface area (Å²) < 4.78 is 0. The number of H-pyrrole nitrogens is 1. The number of hydrogen-bond donors (Lipinski definition) is 3. The molecule has 0 bridgehead atoms. The molecule has 4 heteroatoms. The molecule has 1 rings (SSSR count). The zero-order valence-electron chi connectivity index (χ0n) is 8.17. The quantitative estimate of drug-likeness (QED) is 0.625. The van der Waals surface area contributed by atoms with Crippen LogP contribution in [0.4, 0.5) is 0 Å². The number of rotatable bonds is 5. The number of aromatic amines is 1. The topological polar surface area (TPSA) is 60.9 Å². The molecule has 0 aliphatic heterocycles. The highest BCUT2D eigenvalue weighted by Crippen LogP contribution is 1.97. The van der Waals surface area contributed by atoms with Gasteiger partial charge in [-0.25, -0.2) is 4.98 Å². The molecular weight excluding hydrogens is 166 g/mol. The van der Waals surface area contributed by atoms with Crippen LogP contribution in [-0.4, -0.2) is 27.7 Å². The summed E-state index contributed by atoms with van der Waals surface area (Å²) in [7, 11) is 0. The van der Waals surface area contributed by atoms with Crippen molar-refractivity contribution in [1.29, 1.82) is 0 Å². The highest BCUT2D eigenvalue weighted by Gasteiger charge is 2.03. The molecule has 0 fully saturated rings. The minimum atomic E-state index is 0.184. The standard InChI is InChI=1S/C9H17N3O/c1-3-8(6-13)11-5-9-4-10-7(2)12-9/h4,8,11,13H,3,5-6H2,1-2H3,(H,10,12)/t8-/m0/s1. The van der Waals surface area contributed by atoms with E-state index >= 15 is 0 Å². The summed E-state index contributed by atoms with van der Waals surface area (Å²) in [6.07, 6.45) is 2.75. The van der Waals surface area contributed by atoms with E-state index in [2.05, 4.69) is 15.3 Å². The molecule has 0 radical (unpaired) electrons. The van der Waals surface area contributed by atoms with Crippen molar-refractivity contribution in [2.24, 2.45) is 0 Å². The summed E-state index contributed by atoms with van der Waals surface area (Å²) in [5.74, 6) is 0.925. The number of nitrogens with one attached hydrogen (secondary N) is 2. The second-order valence-electron chi connectivity index (χ2n) is 3.16. The first-order chi connectivity index (χ1) is 6.26. The first kappa shape index (κ1) is 10.2. The van der Waals surface area contributed by atoms with E-state index in [0.717, 1.165) is 24.5 Å². The van der Waals surface area contributed by atoms with Crippen molar-refractivity contribution in [1.82, 2.24) is 15.3 Å². The summed E-state index contributed by atoms with van der Waals surface area (Å²) in [4.78, 5) is 7.21. The van der Waals surface area contributed by atoms with E-state index in [4.69, 9.17) is 5.11 Å². The Morgan fingerprint density at radius 2 is 2.46 bits per heavy atom. The van der Waals surface area contributed by atoms with E-state index in [9.17, 15) is 0 Å². The number of nitrogens with zero attached hydrogens (tertiary/aromatic N) is 1. The number of aryl methyl sites for hydroxylation is 1. The molecule has 0 amide bonds. The van der Waals surface area contributed by atoms with Gasteiger partial charge in [-0.05, 0) is 13.3 Å². The molecule has 13 heavy (non-hydrogen) atoms. The third-order valence-electron chi connectivity index (χ3n) is 2.05. The maximum Gasteiger partial charge on any atom is 0.103 e. The molecule has 0 aromatic carbocycles.